The van der Waals surface area contributed by atoms with Gasteiger partial charge in [0.2, 0.25) is 0 Å². The Hall–Kier alpha value is -1.34. The molecule has 7 heteroatoms. The molecule has 0 fully saturated rings. The lowest BCUT2D eigenvalue weighted by Gasteiger charge is -2.17. The molecule has 0 saturated heterocycles. The molecule has 0 aliphatic rings. The minimum Gasteiger partial charge on any atom is -0.445 e. The third kappa shape index (κ3) is 8.84. The van der Waals surface area contributed by atoms with Gasteiger partial charge in [-0.2, -0.15) is 0 Å². The van der Waals surface area contributed by atoms with Crippen molar-refractivity contribution in [2.24, 2.45) is 5.92 Å². The molecule has 3 aromatic rings. The normalized spacial score (nSPS) is 12.6. The van der Waals surface area contributed by atoms with E-state index in [9.17, 15) is 9.59 Å². The van der Waals surface area contributed by atoms with Crippen LogP contribution in [-0.2, 0) is 6.54 Å². The molecule has 0 N–H and O–H groups in total. The highest BCUT2D eigenvalue weighted by Crippen LogP contribution is 2.30. The van der Waals surface area contributed by atoms with Crippen molar-refractivity contribution in [2.45, 2.75) is 123 Å². The van der Waals surface area contributed by atoms with Gasteiger partial charge in [0.15, 0.2) is 20.5 Å². The summed E-state index contributed by atoms with van der Waals surface area (Å²) in [4.78, 5) is 27.1. The van der Waals surface area contributed by atoms with Crippen LogP contribution in [0.1, 0.15) is 117 Å². The molecule has 3 heterocycles. The average Bonchev–Trinajstić information content (AvgIpc) is 3.45. The first kappa shape index (κ1) is 30.2. The van der Waals surface area contributed by atoms with Gasteiger partial charge in [-0.15, -0.1) is 0 Å². The summed E-state index contributed by atoms with van der Waals surface area (Å²) in [5.41, 5.74) is 0.00892. The first-order valence-electron chi connectivity index (χ1n) is 14.4. The third-order valence-corrected chi connectivity index (χ3v) is 8.22. The average molecular weight is 641 g/mol. The van der Waals surface area contributed by atoms with Crippen LogP contribution in [0.3, 0.4) is 0 Å². The van der Waals surface area contributed by atoms with Gasteiger partial charge in [0.1, 0.15) is 0 Å². The van der Waals surface area contributed by atoms with E-state index in [-0.39, 0.29) is 11.1 Å². The van der Waals surface area contributed by atoms with Crippen molar-refractivity contribution in [3.63, 3.8) is 0 Å². The van der Waals surface area contributed by atoms with Crippen molar-refractivity contribution in [2.75, 3.05) is 0 Å². The Balaban J connectivity index is 1.77. The first-order valence-corrected chi connectivity index (χ1v) is 16.0. The molecule has 0 bridgehead atoms. The second-order valence-electron chi connectivity index (χ2n) is 10.5. The summed E-state index contributed by atoms with van der Waals surface area (Å²) >= 11 is 6.69. The van der Waals surface area contributed by atoms with Crippen molar-refractivity contribution >= 4 is 53.8 Å². The Bertz CT molecular complexity index is 1150. The molecule has 3 rings (SSSR count). The van der Waals surface area contributed by atoms with E-state index >= 15 is 0 Å². The topological polar surface area (TPSA) is 65.3 Å². The molecule has 5 nitrogen and oxygen atoms in total. The summed E-state index contributed by atoms with van der Waals surface area (Å²) in [7, 11) is 0. The van der Waals surface area contributed by atoms with Crippen LogP contribution in [0, 0.1) is 5.92 Å². The van der Waals surface area contributed by atoms with Crippen LogP contribution < -0.4 is 11.1 Å². The zero-order chi connectivity index (χ0) is 26.6. The van der Waals surface area contributed by atoms with Crippen molar-refractivity contribution < 1.29 is 8.83 Å². The van der Waals surface area contributed by atoms with Crippen LogP contribution in [0.2, 0.25) is 0 Å². The van der Waals surface area contributed by atoms with Crippen LogP contribution >= 0.6 is 31.9 Å². The summed E-state index contributed by atoms with van der Waals surface area (Å²) in [6, 6.07) is 3.29. The summed E-state index contributed by atoms with van der Waals surface area (Å²) in [5, 5.41) is 0.734. The van der Waals surface area contributed by atoms with Gasteiger partial charge < -0.3 is 8.83 Å². The predicted molar refractivity (Wildman–Crippen MR) is 161 cm³/mol. The molecule has 37 heavy (non-hydrogen) atoms. The minimum atomic E-state index is -0.305. The quantitative estimate of drug-likeness (QED) is 0.130. The molecule has 0 amide bonds. The van der Waals surface area contributed by atoms with Gasteiger partial charge in [-0.3, -0.25) is 14.2 Å². The standard InChI is InChI=1S/C30H43Br2NO4/c1-3-5-7-9-11-12-14-16-18-22(17-15-13-10-8-6-4-2)21-33-29(34)23-19-25(31)36-27(23)28-24(30(33)35)20-26(32)37-28/h19-20,22H,3-18,21H2,1-2H3. The number of furan rings is 2. The fourth-order valence-corrected chi connectivity index (χ4v) is 6.07. The zero-order valence-electron chi connectivity index (χ0n) is 22.6. The number of halogens is 2. The molecular formula is C30H43Br2NO4. The van der Waals surface area contributed by atoms with Gasteiger partial charge in [0.25, 0.3) is 11.1 Å². The molecular weight excluding hydrogens is 598 g/mol. The maximum absolute atomic E-state index is 13.6. The maximum atomic E-state index is 13.6. The third-order valence-electron chi connectivity index (χ3n) is 7.43. The molecule has 0 saturated carbocycles. The Morgan fingerprint density at radius 3 is 1.43 bits per heavy atom. The highest BCUT2D eigenvalue weighted by molar-refractivity contribution is 9.10. The van der Waals surface area contributed by atoms with E-state index in [0.717, 1.165) is 25.7 Å². The lowest BCUT2D eigenvalue weighted by Crippen LogP contribution is -2.33. The van der Waals surface area contributed by atoms with Crippen LogP contribution in [-0.4, -0.2) is 4.57 Å². The number of nitrogens with zero attached hydrogens (tertiary/aromatic N) is 1. The van der Waals surface area contributed by atoms with Crippen molar-refractivity contribution in [1.29, 1.82) is 0 Å². The maximum Gasteiger partial charge on any atom is 0.264 e. The summed E-state index contributed by atoms with van der Waals surface area (Å²) < 4.78 is 13.8. The molecule has 0 aliphatic carbocycles. The SMILES string of the molecule is CCCCCCCCCCC(CCCCCCCC)Cn1c(=O)c2cc(Br)oc2c2oc(Br)cc2c1=O. The lowest BCUT2D eigenvalue weighted by atomic mass is 9.93. The predicted octanol–water partition coefficient (Wildman–Crippen LogP) is 10.1. The first-order chi connectivity index (χ1) is 18.0. The fraction of sp³-hybridized carbons (Fsp3) is 0.667. The number of hydrogen-bond acceptors (Lipinski definition) is 4. The number of unbranched alkanes of at least 4 members (excludes halogenated alkanes) is 12. The Morgan fingerprint density at radius 1 is 0.649 bits per heavy atom. The monoisotopic (exact) mass is 639 g/mol. The Kier molecular flexibility index (Phi) is 13.0. The van der Waals surface area contributed by atoms with E-state index in [1.165, 1.54) is 81.6 Å². The van der Waals surface area contributed by atoms with Gasteiger partial charge in [-0.1, -0.05) is 104 Å². The number of hydrogen-bond donors (Lipinski definition) is 0. The molecule has 1 atom stereocenters. The largest absolute Gasteiger partial charge is 0.445 e. The van der Waals surface area contributed by atoms with Gasteiger partial charge >= 0.3 is 0 Å². The van der Waals surface area contributed by atoms with E-state index in [1.807, 2.05) is 0 Å². The van der Waals surface area contributed by atoms with E-state index in [4.69, 9.17) is 8.83 Å². The highest BCUT2D eigenvalue weighted by Gasteiger charge is 2.20. The van der Waals surface area contributed by atoms with Crippen LogP contribution in [0.25, 0.3) is 21.9 Å². The van der Waals surface area contributed by atoms with Crippen LogP contribution in [0.4, 0.5) is 0 Å². The van der Waals surface area contributed by atoms with Gasteiger partial charge in [-0.25, -0.2) is 0 Å². The van der Waals surface area contributed by atoms with E-state index in [1.54, 1.807) is 12.1 Å². The lowest BCUT2D eigenvalue weighted by molar-refractivity contribution is 0.351. The molecule has 0 spiro atoms. The van der Waals surface area contributed by atoms with Crippen molar-refractivity contribution in [1.82, 2.24) is 4.57 Å². The molecule has 206 valence electrons. The summed E-state index contributed by atoms with van der Waals surface area (Å²) in [6.45, 7) is 4.93. The fourth-order valence-electron chi connectivity index (χ4n) is 5.29. The van der Waals surface area contributed by atoms with Crippen molar-refractivity contribution in [3.8, 4) is 0 Å². The van der Waals surface area contributed by atoms with Crippen LogP contribution in [0.5, 0.6) is 0 Å². The molecule has 0 aromatic carbocycles. The van der Waals surface area contributed by atoms with E-state index in [0.29, 0.717) is 43.7 Å². The van der Waals surface area contributed by atoms with E-state index < -0.39 is 0 Å². The van der Waals surface area contributed by atoms with Crippen LogP contribution in [0.15, 0.2) is 39.9 Å². The second-order valence-corrected chi connectivity index (χ2v) is 12.1. The molecule has 0 radical (unpaired) electrons. The molecule has 3 aromatic heterocycles. The van der Waals surface area contributed by atoms with E-state index in [2.05, 4.69) is 45.7 Å². The smallest absolute Gasteiger partial charge is 0.264 e. The second kappa shape index (κ2) is 15.9. The number of aromatic nitrogens is 1. The summed E-state index contributed by atoms with van der Waals surface area (Å²) in [5.74, 6) is 0.301. The van der Waals surface area contributed by atoms with Gasteiger partial charge in [-0.05, 0) is 50.6 Å². The van der Waals surface area contributed by atoms with Crippen molar-refractivity contribution in [3.05, 3.63) is 42.2 Å². The summed E-state index contributed by atoms with van der Waals surface area (Å²) in [6.07, 6.45) is 19.8. The molecule has 0 aliphatic heterocycles. The van der Waals surface area contributed by atoms with Gasteiger partial charge in [0.05, 0.1) is 10.8 Å². The highest BCUT2D eigenvalue weighted by atomic mass is 79.9. The Labute approximate surface area is 237 Å². The number of rotatable bonds is 18. The molecule has 1 unspecified atom stereocenters. The minimum absolute atomic E-state index is 0.301. The van der Waals surface area contributed by atoms with Gasteiger partial charge in [0, 0.05) is 18.7 Å². The Morgan fingerprint density at radius 2 is 1.03 bits per heavy atom. The zero-order valence-corrected chi connectivity index (χ0v) is 25.8. The number of fused-ring (bicyclic) bond motifs is 3.